The summed E-state index contributed by atoms with van der Waals surface area (Å²) in [4.78, 5) is 25.6. The number of aromatic nitrogens is 1. The average Bonchev–Trinajstić information content (AvgIpc) is 2.39. The highest BCUT2D eigenvalue weighted by Crippen LogP contribution is 2.25. The van der Waals surface area contributed by atoms with Gasteiger partial charge in [-0.05, 0) is 18.2 Å². The summed E-state index contributed by atoms with van der Waals surface area (Å²) in [6.07, 6.45) is 2.82. The average molecular weight is 261 g/mol. The number of carbonyl (C=O) groups excluding carboxylic acids is 1. The lowest BCUT2D eigenvalue weighted by molar-refractivity contribution is -0.384. The number of benzene rings is 1. The highest BCUT2D eigenvalue weighted by Gasteiger charge is 2.17. The molecule has 0 aliphatic carbocycles. The third-order valence-corrected chi connectivity index (χ3v) is 2.35. The third kappa shape index (κ3) is 2.89. The van der Waals surface area contributed by atoms with E-state index in [-0.39, 0.29) is 16.9 Å². The van der Waals surface area contributed by atoms with E-state index in [0.717, 1.165) is 18.2 Å². The molecule has 1 amide bonds. The van der Waals surface area contributed by atoms with E-state index in [4.69, 9.17) is 0 Å². The number of hydrogen-bond donors (Lipinski definition) is 1. The Morgan fingerprint density at radius 3 is 2.58 bits per heavy atom. The van der Waals surface area contributed by atoms with Crippen molar-refractivity contribution >= 4 is 17.3 Å². The lowest BCUT2D eigenvalue weighted by Gasteiger charge is -2.05. The molecule has 1 heterocycles. The number of nitrogens with one attached hydrogen (secondary N) is 1. The number of carbonyl (C=O) groups is 1. The van der Waals surface area contributed by atoms with Crippen LogP contribution in [-0.2, 0) is 0 Å². The van der Waals surface area contributed by atoms with Gasteiger partial charge < -0.3 is 5.32 Å². The van der Waals surface area contributed by atoms with Gasteiger partial charge in [0.25, 0.3) is 11.6 Å². The van der Waals surface area contributed by atoms with Gasteiger partial charge in [-0.1, -0.05) is 0 Å². The van der Waals surface area contributed by atoms with Crippen molar-refractivity contribution in [2.24, 2.45) is 0 Å². The lowest BCUT2D eigenvalue weighted by atomic mass is 10.2. The quantitative estimate of drug-likeness (QED) is 0.679. The summed E-state index contributed by atoms with van der Waals surface area (Å²) >= 11 is 0. The van der Waals surface area contributed by atoms with Gasteiger partial charge in [-0.25, -0.2) is 4.39 Å². The molecule has 7 heteroatoms. The van der Waals surface area contributed by atoms with Gasteiger partial charge in [0.15, 0.2) is 0 Å². The Hall–Kier alpha value is -2.83. The van der Waals surface area contributed by atoms with Gasteiger partial charge >= 0.3 is 0 Å². The van der Waals surface area contributed by atoms with E-state index in [1.807, 2.05) is 0 Å². The zero-order valence-corrected chi connectivity index (χ0v) is 9.54. The van der Waals surface area contributed by atoms with Crippen LogP contribution >= 0.6 is 0 Å². The maximum Gasteiger partial charge on any atom is 0.292 e. The molecule has 0 spiro atoms. The van der Waals surface area contributed by atoms with E-state index in [9.17, 15) is 19.3 Å². The fourth-order valence-corrected chi connectivity index (χ4v) is 1.47. The van der Waals surface area contributed by atoms with Gasteiger partial charge in [0.05, 0.1) is 4.92 Å². The van der Waals surface area contributed by atoms with Crippen LogP contribution in [0.25, 0.3) is 0 Å². The SMILES string of the molecule is O=C(Nc1cc(F)ccc1[N+](=O)[O-])c1ccncc1. The standard InChI is InChI=1S/C12H8FN3O3/c13-9-1-2-11(16(18)19)10(7-9)15-12(17)8-3-5-14-6-4-8/h1-7H,(H,15,17). The van der Waals surface area contributed by atoms with Gasteiger partial charge in [-0.2, -0.15) is 0 Å². The maximum atomic E-state index is 13.1. The monoisotopic (exact) mass is 261 g/mol. The molecule has 0 unspecified atom stereocenters. The second-order valence-corrected chi connectivity index (χ2v) is 3.61. The predicted molar refractivity (Wildman–Crippen MR) is 65.2 cm³/mol. The van der Waals surface area contributed by atoms with Crippen molar-refractivity contribution in [2.45, 2.75) is 0 Å². The predicted octanol–water partition coefficient (Wildman–Crippen LogP) is 2.38. The van der Waals surface area contributed by atoms with Gasteiger partial charge in [0, 0.05) is 30.1 Å². The van der Waals surface area contributed by atoms with Crippen LogP contribution in [0.3, 0.4) is 0 Å². The number of nitro groups is 1. The van der Waals surface area contributed by atoms with Gasteiger partial charge in [0.1, 0.15) is 11.5 Å². The molecule has 96 valence electrons. The fraction of sp³-hybridized carbons (Fsp3) is 0. The molecular weight excluding hydrogens is 253 g/mol. The molecule has 0 atom stereocenters. The van der Waals surface area contributed by atoms with Crippen LogP contribution < -0.4 is 5.32 Å². The molecule has 1 aromatic carbocycles. The molecule has 2 aromatic rings. The first-order valence-corrected chi connectivity index (χ1v) is 5.23. The van der Waals surface area contributed by atoms with Crippen LogP contribution in [0.2, 0.25) is 0 Å². The molecule has 19 heavy (non-hydrogen) atoms. The first-order chi connectivity index (χ1) is 9.08. The molecule has 0 bridgehead atoms. The minimum absolute atomic E-state index is 0.188. The Balaban J connectivity index is 2.31. The highest BCUT2D eigenvalue weighted by molar-refractivity contribution is 6.05. The number of nitrogens with zero attached hydrogens (tertiary/aromatic N) is 2. The second-order valence-electron chi connectivity index (χ2n) is 3.61. The van der Waals surface area contributed by atoms with E-state index in [0.29, 0.717) is 0 Å². The molecule has 0 saturated carbocycles. The number of amides is 1. The number of pyridine rings is 1. The van der Waals surface area contributed by atoms with Crippen LogP contribution in [0.15, 0.2) is 42.7 Å². The first-order valence-electron chi connectivity index (χ1n) is 5.23. The molecule has 0 aliphatic rings. The first kappa shape index (κ1) is 12.6. The summed E-state index contributed by atoms with van der Waals surface area (Å²) in [6.45, 7) is 0. The van der Waals surface area contributed by atoms with Crippen molar-refractivity contribution in [1.82, 2.24) is 4.98 Å². The summed E-state index contributed by atoms with van der Waals surface area (Å²) in [5.41, 5.74) is -0.288. The minimum atomic E-state index is -0.693. The Morgan fingerprint density at radius 2 is 1.95 bits per heavy atom. The molecule has 0 saturated heterocycles. The summed E-state index contributed by atoms with van der Waals surface area (Å²) in [5, 5.41) is 13.1. The van der Waals surface area contributed by atoms with E-state index in [1.54, 1.807) is 0 Å². The van der Waals surface area contributed by atoms with Crippen molar-refractivity contribution in [3.05, 3.63) is 64.2 Å². The number of halogens is 1. The largest absolute Gasteiger partial charge is 0.316 e. The molecular formula is C12H8FN3O3. The van der Waals surface area contributed by atoms with Crippen molar-refractivity contribution in [2.75, 3.05) is 5.32 Å². The van der Waals surface area contributed by atoms with Gasteiger partial charge in [-0.15, -0.1) is 0 Å². The van der Waals surface area contributed by atoms with Gasteiger partial charge in [-0.3, -0.25) is 19.9 Å². The smallest absolute Gasteiger partial charge is 0.292 e. The topological polar surface area (TPSA) is 85.1 Å². The molecule has 1 aromatic heterocycles. The van der Waals surface area contributed by atoms with E-state index < -0.39 is 16.6 Å². The van der Waals surface area contributed by atoms with E-state index in [2.05, 4.69) is 10.3 Å². The molecule has 0 aliphatic heterocycles. The van der Waals surface area contributed by atoms with Crippen molar-refractivity contribution < 1.29 is 14.1 Å². The van der Waals surface area contributed by atoms with Crippen LogP contribution in [0.1, 0.15) is 10.4 Å². The fourth-order valence-electron chi connectivity index (χ4n) is 1.47. The number of rotatable bonds is 3. The van der Waals surface area contributed by atoms with Gasteiger partial charge in [0.2, 0.25) is 0 Å². The summed E-state index contributed by atoms with van der Waals surface area (Å²) in [7, 11) is 0. The Labute approximate surface area is 107 Å². The van der Waals surface area contributed by atoms with Crippen LogP contribution in [0, 0.1) is 15.9 Å². The molecule has 1 N–H and O–H groups in total. The molecule has 0 fully saturated rings. The van der Waals surface area contributed by atoms with E-state index in [1.165, 1.54) is 24.5 Å². The normalized spacial score (nSPS) is 9.95. The van der Waals surface area contributed by atoms with E-state index >= 15 is 0 Å². The second kappa shape index (κ2) is 5.21. The third-order valence-electron chi connectivity index (χ3n) is 2.35. The van der Waals surface area contributed by atoms with Crippen molar-refractivity contribution in [3.63, 3.8) is 0 Å². The zero-order chi connectivity index (χ0) is 13.8. The molecule has 2 rings (SSSR count). The van der Waals surface area contributed by atoms with Crippen LogP contribution in [-0.4, -0.2) is 15.8 Å². The van der Waals surface area contributed by atoms with Crippen LogP contribution in [0.5, 0.6) is 0 Å². The number of hydrogen-bond acceptors (Lipinski definition) is 4. The molecule has 0 radical (unpaired) electrons. The van der Waals surface area contributed by atoms with Crippen molar-refractivity contribution in [3.8, 4) is 0 Å². The Bertz CT molecular complexity index is 631. The lowest BCUT2D eigenvalue weighted by Crippen LogP contribution is -2.13. The summed E-state index contributed by atoms with van der Waals surface area (Å²) < 4.78 is 13.1. The van der Waals surface area contributed by atoms with Crippen LogP contribution in [0.4, 0.5) is 15.8 Å². The Kier molecular flexibility index (Phi) is 3.46. The number of anilines is 1. The molecule has 6 nitrogen and oxygen atoms in total. The maximum absolute atomic E-state index is 13.1. The zero-order valence-electron chi connectivity index (χ0n) is 9.54. The van der Waals surface area contributed by atoms with Crippen molar-refractivity contribution in [1.29, 1.82) is 0 Å². The Morgan fingerprint density at radius 1 is 1.26 bits per heavy atom. The highest BCUT2D eigenvalue weighted by atomic mass is 19.1. The summed E-state index contributed by atoms with van der Waals surface area (Å²) in [6, 6.07) is 5.75. The minimum Gasteiger partial charge on any atom is -0.316 e. The number of nitro benzene ring substituents is 1. The summed E-state index contributed by atoms with van der Waals surface area (Å²) in [5.74, 6) is -1.24.